The Morgan fingerprint density at radius 1 is 0.926 bits per heavy atom. The van der Waals surface area contributed by atoms with Gasteiger partial charge in [-0.3, -0.25) is 19.2 Å². The fraction of sp³-hybridized carbons (Fsp3) is 0.667. The molecule has 0 saturated heterocycles. The molecule has 0 aromatic rings. The van der Waals surface area contributed by atoms with Gasteiger partial charge in [-0.15, -0.1) is 0 Å². The van der Waals surface area contributed by atoms with Gasteiger partial charge in [0, 0.05) is 0 Å². The van der Waals surface area contributed by atoms with Gasteiger partial charge in [-0.2, -0.15) is 11.8 Å². The third-order valence-corrected chi connectivity index (χ3v) is 4.05. The molecule has 0 rings (SSSR count). The summed E-state index contributed by atoms with van der Waals surface area (Å²) in [6.45, 7) is 2.67. The predicted octanol–water partition coefficient (Wildman–Crippen LogP) is -1.88. The van der Waals surface area contributed by atoms with Crippen LogP contribution in [0.3, 0.4) is 0 Å². The Bertz CT molecular complexity index is 570. The zero-order valence-electron chi connectivity index (χ0n) is 15.4. The third-order valence-electron chi connectivity index (χ3n) is 3.40. The topological polar surface area (TPSA) is 188 Å². The molecular weight excluding hydrogens is 380 g/mol. The van der Waals surface area contributed by atoms with E-state index < -0.39 is 60.2 Å². The van der Waals surface area contributed by atoms with Crippen LogP contribution in [0.2, 0.25) is 0 Å². The summed E-state index contributed by atoms with van der Waals surface area (Å²) in [5.41, 5.74) is 5.38. The molecular formula is C15H26N4O7S. The van der Waals surface area contributed by atoms with E-state index in [-0.39, 0.29) is 6.42 Å². The molecule has 0 aromatic carbocycles. The number of carbonyl (C=O) groups excluding carboxylic acids is 3. The Morgan fingerprint density at radius 3 is 1.93 bits per heavy atom. The molecule has 3 amide bonds. The van der Waals surface area contributed by atoms with Crippen molar-refractivity contribution < 1.29 is 34.2 Å². The molecule has 12 heteroatoms. The largest absolute Gasteiger partial charge is 0.481 e. The average molecular weight is 406 g/mol. The Balaban J connectivity index is 4.93. The first-order valence-corrected chi connectivity index (χ1v) is 9.49. The second-order valence-corrected chi connectivity index (χ2v) is 6.84. The first kappa shape index (κ1) is 24.7. The maximum absolute atomic E-state index is 12.2. The zero-order valence-corrected chi connectivity index (χ0v) is 16.2. The number of aliphatic carboxylic acids is 2. The summed E-state index contributed by atoms with van der Waals surface area (Å²) in [5.74, 6) is -4.39. The highest BCUT2D eigenvalue weighted by atomic mass is 32.2. The molecule has 11 nitrogen and oxygen atoms in total. The van der Waals surface area contributed by atoms with E-state index in [0.29, 0.717) is 5.75 Å². The van der Waals surface area contributed by atoms with E-state index in [0.717, 1.165) is 0 Å². The number of nitrogens with two attached hydrogens (primary N) is 1. The lowest BCUT2D eigenvalue weighted by molar-refractivity contribution is -0.143. The van der Waals surface area contributed by atoms with Gasteiger partial charge in [0.15, 0.2) is 0 Å². The number of hydrogen-bond donors (Lipinski definition) is 6. The van der Waals surface area contributed by atoms with Crippen LogP contribution in [0.5, 0.6) is 0 Å². The number of rotatable bonds is 12. The first-order valence-electron chi connectivity index (χ1n) is 8.09. The van der Waals surface area contributed by atoms with Crippen molar-refractivity contribution in [3.8, 4) is 0 Å². The number of carbonyl (C=O) groups is 5. The number of amides is 3. The van der Waals surface area contributed by atoms with Crippen LogP contribution in [-0.2, 0) is 24.0 Å². The summed E-state index contributed by atoms with van der Waals surface area (Å²) in [6, 6.07) is -4.64. The second kappa shape index (κ2) is 12.1. The standard InChI is InChI=1S/C15H26N4O7S/c1-7(16)12(22)19-10(6-11(20)21)14(24)17-8(2)13(23)18-9(15(25)26)4-5-27-3/h7-10H,4-6,16H2,1-3H3,(H,17,24)(H,18,23)(H,19,22)(H,20,21)(H,25,26). The highest BCUT2D eigenvalue weighted by Crippen LogP contribution is 2.02. The molecule has 0 aliphatic rings. The second-order valence-electron chi connectivity index (χ2n) is 5.86. The fourth-order valence-electron chi connectivity index (χ4n) is 1.86. The Hall–Kier alpha value is -2.34. The normalized spacial score (nSPS) is 15.0. The molecule has 0 bridgehead atoms. The van der Waals surface area contributed by atoms with Gasteiger partial charge in [0.2, 0.25) is 17.7 Å². The van der Waals surface area contributed by atoms with Crippen molar-refractivity contribution in [2.24, 2.45) is 5.73 Å². The molecule has 7 N–H and O–H groups in total. The van der Waals surface area contributed by atoms with Gasteiger partial charge < -0.3 is 31.9 Å². The summed E-state index contributed by atoms with van der Waals surface area (Å²) >= 11 is 1.42. The van der Waals surface area contributed by atoms with Crippen molar-refractivity contribution in [1.29, 1.82) is 0 Å². The van der Waals surface area contributed by atoms with E-state index in [1.165, 1.54) is 25.6 Å². The lowest BCUT2D eigenvalue weighted by Crippen LogP contribution is -2.56. The number of thioether (sulfide) groups is 1. The van der Waals surface area contributed by atoms with Gasteiger partial charge in [-0.1, -0.05) is 0 Å². The lowest BCUT2D eigenvalue weighted by atomic mass is 10.1. The van der Waals surface area contributed by atoms with Crippen molar-refractivity contribution in [3.63, 3.8) is 0 Å². The van der Waals surface area contributed by atoms with Crippen molar-refractivity contribution in [1.82, 2.24) is 16.0 Å². The van der Waals surface area contributed by atoms with Crippen LogP contribution in [0.1, 0.15) is 26.7 Å². The zero-order chi connectivity index (χ0) is 21.1. The molecule has 0 aromatic heterocycles. The average Bonchev–Trinajstić information content (AvgIpc) is 2.56. The molecule has 4 unspecified atom stereocenters. The summed E-state index contributed by atoms with van der Waals surface area (Å²) in [4.78, 5) is 58.0. The first-order chi connectivity index (χ1) is 12.5. The highest BCUT2D eigenvalue weighted by molar-refractivity contribution is 7.98. The lowest BCUT2D eigenvalue weighted by Gasteiger charge is -2.22. The van der Waals surface area contributed by atoms with Crippen molar-refractivity contribution in [3.05, 3.63) is 0 Å². The third kappa shape index (κ3) is 9.80. The molecule has 0 saturated carbocycles. The van der Waals surface area contributed by atoms with Gasteiger partial charge >= 0.3 is 11.9 Å². The van der Waals surface area contributed by atoms with Crippen molar-refractivity contribution in [2.45, 2.75) is 50.9 Å². The number of hydrogen-bond acceptors (Lipinski definition) is 7. The molecule has 0 fully saturated rings. The molecule has 4 atom stereocenters. The van der Waals surface area contributed by atoms with E-state index in [2.05, 4.69) is 16.0 Å². The van der Waals surface area contributed by atoms with Crippen molar-refractivity contribution in [2.75, 3.05) is 12.0 Å². The molecule has 0 heterocycles. The predicted molar refractivity (Wildman–Crippen MR) is 98.0 cm³/mol. The van der Waals surface area contributed by atoms with Gasteiger partial charge in [-0.25, -0.2) is 4.79 Å². The van der Waals surface area contributed by atoms with Gasteiger partial charge in [0.25, 0.3) is 0 Å². The van der Waals surface area contributed by atoms with Crippen LogP contribution < -0.4 is 21.7 Å². The SMILES string of the molecule is CSCCC(NC(=O)C(C)NC(=O)C(CC(=O)O)NC(=O)C(C)N)C(=O)O. The molecule has 0 aliphatic heterocycles. The molecule has 27 heavy (non-hydrogen) atoms. The maximum Gasteiger partial charge on any atom is 0.326 e. The summed E-state index contributed by atoms with van der Waals surface area (Å²) < 4.78 is 0. The van der Waals surface area contributed by atoms with Crippen LogP contribution in [0.4, 0.5) is 0 Å². The fourth-order valence-corrected chi connectivity index (χ4v) is 2.33. The quantitative estimate of drug-likeness (QED) is 0.215. The van der Waals surface area contributed by atoms with E-state index in [1.54, 1.807) is 6.26 Å². The summed E-state index contributed by atoms with van der Waals surface area (Å²) in [6.07, 6.45) is 1.29. The smallest absolute Gasteiger partial charge is 0.326 e. The highest BCUT2D eigenvalue weighted by Gasteiger charge is 2.28. The number of carboxylic acid groups (broad SMARTS) is 2. The Morgan fingerprint density at radius 2 is 1.48 bits per heavy atom. The van der Waals surface area contributed by atoms with Gasteiger partial charge in [0.1, 0.15) is 18.1 Å². The minimum atomic E-state index is -1.43. The minimum absolute atomic E-state index is 0.203. The maximum atomic E-state index is 12.2. The monoisotopic (exact) mass is 406 g/mol. The van der Waals surface area contributed by atoms with E-state index >= 15 is 0 Å². The van der Waals surface area contributed by atoms with E-state index in [9.17, 15) is 24.0 Å². The van der Waals surface area contributed by atoms with E-state index in [1.807, 2.05) is 0 Å². The Kier molecular flexibility index (Phi) is 11.1. The molecule has 0 aliphatic carbocycles. The Labute approximate surface area is 160 Å². The van der Waals surface area contributed by atoms with Crippen LogP contribution >= 0.6 is 11.8 Å². The van der Waals surface area contributed by atoms with Gasteiger partial charge in [0.05, 0.1) is 12.5 Å². The van der Waals surface area contributed by atoms with Crippen LogP contribution in [0.25, 0.3) is 0 Å². The van der Waals surface area contributed by atoms with Crippen molar-refractivity contribution >= 4 is 41.4 Å². The van der Waals surface area contributed by atoms with E-state index in [4.69, 9.17) is 15.9 Å². The van der Waals surface area contributed by atoms with Crippen LogP contribution in [-0.4, -0.2) is 76.0 Å². The number of carboxylic acids is 2. The van der Waals surface area contributed by atoms with Crippen LogP contribution in [0.15, 0.2) is 0 Å². The molecule has 0 radical (unpaired) electrons. The summed E-state index contributed by atoms with van der Waals surface area (Å²) in [7, 11) is 0. The van der Waals surface area contributed by atoms with Gasteiger partial charge in [-0.05, 0) is 32.3 Å². The molecule has 154 valence electrons. The summed E-state index contributed by atoms with van der Waals surface area (Å²) in [5, 5.41) is 24.8. The molecule has 0 spiro atoms. The van der Waals surface area contributed by atoms with Crippen LogP contribution in [0, 0.1) is 0 Å². The number of nitrogens with one attached hydrogen (secondary N) is 3. The minimum Gasteiger partial charge on any atom is -0.481 e.